The van der Waals surface area contributed by atoms with Gasteiger partial charge in [-0.2, -0.15) is 0 Å². The maximum Gasteiger partial charge on any atom is 0.269 e. The average Bonchev–Trinajstić information content (AvgIpc) is 3.00. The van der Waals surface area contributed by atoms with Crippen LogP contribution in [-0.2, 0) is 6.42 Å². The van der Waals surface area contributed by atoms with Crippen molar-refractivity contribution in [1.82, 2.24) is 9.97 Å². The van der Waals surface area contributed by atoms with Crippen LogP contribution in [0.25, 0.3) is 10.2 Å². The monoisotopic (exact) mass is 317 g/mol. The Morgan fingerprint density at radius 1 is 1.24 bits per heavy atom. The van der Waals surface area contributed by atoms with Crippen LogP contribution >= 0.6 is 22.7 Å². The number of hydrogen-bond donors (Lipinski definition) is 1. The van der Waals surface area contributed by atoms with E-state index in [9.17, 15) is 4.79 Å². The van der Waals surface area contributed by atoms with E-state index in [-0.39, 0.29) is 5.91 Å². The van der Waals surface area contributed by atoms with E-state index in [0.717, 1.165) is 27.3 Å². The lowest BCUT2D eigenvalue weighted by Crippen LogP contribution is -2.11. The highest BCUT2D eigenvalue weighted by Gasteiger charge is 2.16. The summed E-state index contributed by atoms with van der Waals surface area (Å²) in [6.07, 6.45) is 0.932. The molecule has 0 atom stereocenters. The number of fused-ring (bicyclic) bond motifs is 1. The number of benzene rings is 1. The fourth-order valence-electron chi connectivity index (χ4n) is 2.24. The minimum Gasteiger partial charge on any atom is -0.297 e. The van der Waals surface area contributed by atoms with Gasteiger partial charge < -0.3 is 0 Å². The zero-order valence-corrected chi connectivity index (χ0v) is 13.7. The molecule has 2 heterocycles. The number of amides is 1. The average molecular weight is 317 g/mol. The van der Waals surface area contributed by atoms with E-state index < -0.39 is 0 Å². The molecule has 0 radical (unpaired) electrons. The first-order valence-electron chi connectivity index (χ1n) is 6.72. The normalized spacial score (nSPS) is 11.0. The van der Waals surface area contributed by atoms with Crippen LogP contribution in [0.5, 0.6) is 0 Å². The third kappa shape index (κ3) is 2.69. The highest BCUT2D eigenvalue weighted by molar-refractivity contribution is 7.22. The van der Waals surface area contributed by atoms with Crippen LogP contribution in [0.1, 0.15) is 32.9 Å². The molecule has 6 heteroatoms. The molecule has 0 saturated carbocycles. The van der Waals surface area contributed by atoms with Gasteiger partial charge >= 0.3 is 0 Å². The van der Waals surface area contributed by atoms with Crippen molar-refractivity contribution in [1.29, 1.82) is 0 Å². The minimum atomic E-state index is -0.129. The van der Waals surface area contributed by atoms with Crippen LogP contribution in [0.3, 0.4) is 0 Å². The van der Waals surface area contributed by atoms with Gasteiger partial charge in [-0.05, 0) is 31.9 Å². The molecule has 1 amide bonds. The number of thiazole rings is 2. The van der Waals surface area contributed by atoms with E-state index in [1.165, 1.54) is 28.2 Å². The topological polar surface area (TPSA) is 54.9 Å². The third-order valence-electron chi connectivity index (χ3n) is 3.21. The zero-order valence-electron chi connectivity index (χ0n) is 12.1. The number of hydrogen-bond acceptors (Lipinski definition) is 5. The second kappa shape index (κ2) is 5.54. The second-order valence-corrected chi connectivity index (χ2v) is 6.97. The Bertz CT molecular complexity index is 820. The van der Waals surface area contributed by atoms with Crippen molar-refractivity contribution in [2.45, 2.75) is 27.2 Å². The Kier molecular flexibility index (Phi) is 3.73. The standard InChI is InChI=1S/C15H15N3OS2/c1-4-10-6-5-7-11-12(10)17-15(21-11)18-14(19)13-8(2)16-9(3)20-13/h5-7H,4H2,1-3H3,(H,17,18,19). The Hall–Kier alpha value is -1.79. The van der Waals surface area contributed by atoms with Crippen molar-refractivity contribution in [3.8, 4) is 0 Å². The molecule has 3 aromatic rings. The summed E-state index contributed by atoms with van der Waals surface area (Å²) in [7, 11) is 0. The van der Waals surface area contributed by atoms with Crippen LogP contribution in [0.15, 0.2) is 18.2 Å². The molecule has 1 aromatic carbocycles. The number of carbonyl (C=O) groups is 1. The fraction of sp³-hybridized carbons (Fsp3) is 0.267. The Morgan fingerprint density at radius 2 is 2.05 bits per heavy atom. The first kappa shape index (κ1) is 14.2. The van der Waals surface area contributed by atoms with Gasteiger partial charge in [0, 0.05) is 0 Å². The summed E-state index contributed by atoms with van der Waals surface area (Å²) < 4.78 is 1.10. The molecule has 2 aromatic heterocycles. The van der Waals surface area contributed by atoms with E-state index in [2.05, 4.69) is 28.3 Å². The van der Waals surface area contributed by atoms with Gasteiger partial charge in [-0.25, -0.2) is 9.97 Å². The lowest BCUT2D eigenvalue weighted by atomic mass is 10.1. The maximum atomic E-state index is 12.3. The van der Waals surface area contributed by atoms with Gasteiger partial charge in [0.05, 0.1) is 20.9 Å². The van der Waals surface area contributed by atoms with Crippen LogP contribution in [-0.4, -0.2) is 15.9 Å². The summed E-state index contributed by atoms with van der Waals surface area (Å²) in [5.74, 6) is -0.129. The zero-order chi connectivity index (χ0) is 15.0. The number of aromatic nitrogens is 2. The maximum absolute atomic E-state index is 12.3. The summed E-state index contributed by atoms with van der Waals surface area (Å²) in [5, 5.41) is 4.43. The molecule has 1 N–H and O–H groups in total. The first-order chi connectivity index (χ1) is 10.1. The number of para-hydroxylation sites is 1. The van der Waals surface area contributed by atoms with Crippen LogP contribution in [0.2, 0.25) is 0 Å². The number of rotatable bonds is 3. The fourth-order valence-corrected chi connectivity index (χ4v) is 3.96. The molecule has 0 unspecified atom stereocenters. The minimum absolute atomic E-state index is 0.129. The number of anilines is 1. The van der Waals surface area contributed by atoms with Gasteiger partial charge in [-0.1, -0.05) is 30.4 Å². The molecular weight excluding hydrogens is 302 g/mol. The summed E-state index contributed by atoms with van der Waals surface area (Å²) in [5.41, 5.74) is 2.96. The van der Waals surface area contributed by atoms with Gasteiger partial charge in [0.15, 0.2) is 5.13 Å². The number of aryl methyl sites for hydroxylation is 3. The van der Waals surface area contributed by atoms with Crippen molar-refractivity contribution in [2.75, 3.05) is 5.32 Å². The molecule has 0 aliphatic carbocycles. The Morgan fingerprint density at radius 3 is 2.71 bits per heavy atom. The molecule has 21 heavy (non-hydrogen) atoms. The van der Waals surface area contributed by atoms with Gasteiger partial charge in [-0.15, -0.1) is 11.3 Å². The van der Waals surface area contributed by atoms with Crippen molar-refractivity contribution in [3.63, 3.8) is 0 Å². The van der Waals surface area contributed by atoms with Crippen molar-refractivity contribution in [3.05, 3.63) is 39.3 Å². The largest absolute Gasteiger partial charge is 0.297 e. The van der Waals surface area contributed by atoms with E-state index in [1.807, 2.05) is 26.0 Å². The summed E-state index contributed by atoms with van der Waals surface area (Å²) in [6.45, 7) is 5.86. The predicted octanol–water partition coefficient (Wildman–Crippen LogP) is 4.18. The van der Waals surface area contributed by atoms with Crippen LogP contribution in [0, 0.1) is 13.8 Å². The highest BCUT2D eigenvalue weighted by Crippen LogP contribution is 2.29. The molecule has 0 saturated heterocycles. The molecule has 0 aliphatic rings. The first-order valence-corrected chi connectivity index (χ1v) is 8.35. The van der Waals surface area contributed by atoms with Crippen molar-refractivity contribution in [2.24, 2.45) is 0 Å². The highest BCUT2D eigenvalue weighted by atomic mass is 32.1. The van der Waals surface area contributed by atoms with Gasteiger partial charge in [0.2, 0.25) is 0 Å². The predicted molar refractivity (Wildman–Crippen MR) is 88.5 cm³/mol. The van der Waals surface area contributed by atoms with E-state index in [4.69, 9.17) is 0 Å². The van der Waals surface area contributed by atoms with Gasteiger partial charge in [0.25, 0.3) is 5.91 Å². The number of nitrogens with zero attached hydrogens (tertiary/aromatic N) is 2. The van der Waals surface area contributed by atoms with Crippen LogP contribution < -0.4 is 5.32 Å². The summed E-state index contributed by atoms with van der Waals surface area (Å²) >= 11 is 2.91. The number of carbonyl (C=O) groups excluding carboxylic acids is 1. The smallest absolute Gasteiger partial charge is 0.269 e. The summed E-state index contributed by atoms with van der Waals surface area (Å²) in [4.78, 5) is 21.8. The quantitative estimate of drug-likeness (QED) is 0.788. The molecule has 4 nitrogen and oxygen atoms in total. The van der Waals surface area contributed by atoms with E-state index in [1.54, 1.807) is 0 Å². The van der Waals surface area contributed by atoms with Crippen molar-refractivity contribution >= 4 is 43.9 Å². The molecular formula is C15H15N3OS2. The summed E-state index contributed by atoms with van der Waals surface area (Å²) in [6, 6.07) is 6.13. The van der Waals surface area contributed by atoms with Crippen molar-refractivity contribution < 1.29 is 4.79 Å². The SMILES string of the molecule is CCc1cccc2sc(NC(=O)c3sc(C)nc3C)nc12. The van der Waals surface area contributed by atoms with E-state index in [0.29, 0.717) is 10.0 Å². The third-order valence-corrected chi connectivity index (χ3v) is 5.22. The lowest BCUT2D eigenvalue weighted by molar-refractivity contribution is 0.103. The van der Waals surface area contributed by atoms with Gasteiger partial charge in [0.1, 0.15) is 4.88 Å². The molecule has 0 fully saturated rings. The Balaban J connectivity index is 1.91. The molecule has 0 aliphatic heterocycles. The van der Waals surface area contributed by atoms with Gasteiger partial charge in [-0.3, -0.25) is 10.1 Å². The molecule has 108 valence electrons. The van der Waals surface area contributed by atoms with Crippen LogP contribution in [0.4, 0.5) is 5.13 Å². The number of nitrogens with one attached hydrogen (secondary N) is 1. The molecule has 0 spiro atoms. The second-order valence-electron chi connectivity index (χ2n) is 4.74. The van der Waals surface area contributed by atoms with E-state index >= 15 is 0 Å². The lowest BCUT2D eigenvalue weighted by Gasteiger charge is -1.98. The molecule has 3 rings (SSSR count). The molecule has 0 bridgehead atoms. The Labute approximate surface area is 130 Å².